The summed E-state index contributed by atoms with van der Waals surface area (Å²) in [6.07, 6.45) is 4.86. The van der Waals surface area contributed by atoms with Crippen molar-refractivity contribution in [1.29, 1.82) is 0 Å². The van der Waals surface area contributed by atoms with Gasteiger partial charge in [0.05, 0.1) is 12.5 Å². The summed E-state index contributed by atoms with van der Waals surface area (Å²) in [4.78, 5) is 25.4. The monoisotopic (exact) mass is 273 g/mol. The molecule has 2 unspecified atom stereocenters. The molecule has 1 saturated heterocycles. The van der Waals surface area contributed by atoms with Gasteiger partial charge in [0.2, 0.25) is 5.91 Å². The lowest BCUT2D eigenvalue weighted by molar-refractivity contribution is -0.151. The molecule has 1 aliphatic rings. The van der Waals surface area contributed by atoms with Crippen molar-refractivity contribution in [3.8, 4) is 0 Å². The summed E-state index contributed by atoms with van der Waals surface area (Å²) in [5.74, 6) is 0.425. The molecule has 1 rings (SSSR count). The number of thioether (sulfide) groups is 1. The van der Waals surface area contributed by atoms with Crippen molar-refractivity contribution in [2.45, 2.75) is 57.4 Å². The van der Waals surface area contributed by atoms with Gasteiger partial charge in [-0.15, -0.1) is 11.8 Å². The average Bonchev–Trinajstić information content (AvgIpc) is 2.81. The first-order chi connectivity index (χ1) is 8.65. The number of carbonyl (C=O) groups is 2. The molecule has 0 N–H and O–H groups in total. The summed E-state index contributed by atoms with van der Waals surface area (Å²) in [6, 6.07) is -0.390. The van der Waals surface area contributed by atoms with E-state index in [1.165, 1.54) is 20.0 Å². The predicted molar refractivity (Wildman–Crippen MR) is 73.3 cm³/mol. The third-order valence-electron chi connectivity index (χ3n) is 3.21. The topological polar surface area (TPSA) is 46.6 Å². The van der Waals surface area contributed by atoms with E-state index in [0.717, 1.165) is 12.8 Å². The lowest BCUT2D eigenvalue weighted by Crippen LogP contribution is -2.45. The SMILES string of the molecule is CCCCCC1SCC(C(=O)OC)N1C(=O)CC. The van der Waals surface area contributed by atoms with Crippen LogP contribution in [-0.2, 0) is 14.3 Å². The van der Waals surface area contributed by atoms with E-state index in [2.05, 4.69) is 6.92 Å². The maximum Gasteiger partial charge on any atom is 0.329 e. The van der Waals surface area contributed by atoms with Gasteiger partial charge in [-0.3, -0.25) is 4.79 Å². The van der Waals surface area contributed by atoms with Crippen molar-refractivity contribution >= 4 is 23.6 Å². The highest BCUT2D eigenvalue weighted by Gasteiger charge is 2.40. The van der Waals surface area contributed by atoms with Crippen LogP contribution in [0.15, 0.2) is 0 Å². The van der Waals surface area contributed by atoms with Crippen molar-refractivity contribution in [3.63, 3.8) is 0 Å². The van der Waals surface area contributed by atoms with Gasteiger partial charge in [-0.2, -0.15) is 0 Å². The maximum atomic E-state index is 12.0. The second kappa shape index (κ2) is 7.67. The molecule has 1 amide bonds. The number of amides is 1. The minimum atomic E-state index is -0.390. The fraction of sp³-hybridized carbons (Fsp3) is 0.846. The van der Waals surface area contributed by atoms with Crippen LogP contribution in [0.3, 0.4) is 0 Å². The number of carbonyl (C=O) groups excluding carboxylic acids is 2. The van der Waals surface area contributed by atoms with Crippen molar-refractivity contribution in [3.05, 3.63) is 0 Å². The number of nitrogens with zero attached hydrogens (tertiary/aromatic N) is 1. The van der Waals surface area contributed by atoms with Crippen LogP contribution in [0, 0.1) is 0 Å². The lowest BCUT2D eigenvalue weighted by atomic mass is 10.1. The Morgan fingerprint density at radius 2 is 2.06 bits per heavy atom. The fourth-order valence-electron chi connectivity index (χ4n) is 2.19. The van der Waals surface area contributed by atoms with E-state index in [9.17, 15) is 9.59 Å². The number of esters is 1. The van der Waals surface area contributed by atoms with E-state index in [-0.39, 0.29) is 23.3 Å². The molecule has 0 aromatic carbocycles. The quantitative estimate of drug-likeness (QED) is 0.551. The summed E-state index contributed by atoms with van der Waals surface area (Å²) in [7, 11) is 1.38. The average molecular weight is 273 g/mol. The van der Waals surface area contributed by atoms with Crippen LogP contribution in [0.5, 0.6) is 0 Å². The smallest absolute Gasteiger partial charge is 0.329 e. The van der Waals surface area contributed by atoms with E-state index in [0.29, 0.717) is 12.2 Å². The van der Waals surface area contributed by atoms with Gasteiger partial charge in [0.15, 0.2) is 0 Å². The summed E-state index contributed by atoms with van der Waals surface area (Å²) in [5, 5.41) is 0.146. The highest BCUT2D eigenvalue weighted by atomic mass is 32.2. The Morgan fingerprint density at radius 3 is 2.61 bits per heavy atom. The van der Waals surface area contributed by atoms with Gasteiger partial charge in [-0.05, 0) is 6.42 Å². The molecule has 0 radical (unpaired) electrons. The van der Waals surface area contributed by atoms with Crippen LogP contribution in [0.25, 0.3) is 0 Å². The van der Waals surface area contributed by atoms with Crippen molar-refractivity contribution in [2.24, 2.45) is 0 Å². The van der Waals surface area contributed by atoms with Gasteiger partial charge in [-0.1, -0.05) is 33.1 Å². The highest BCUT2D eigenvalue weighted by molar-refractivity contribution is 8.00. The second-order valence-electron chi connectivity index (χ2n) is 4.48. The molecule has 0 saturated carbocycles. The number of unbranched alkanes of at least 4 members (excludes halogenated alkanes) is 2. The zero-order valence-electron chi connectivity index (χ0n) is 11.5. The number of ether oxygens (including phenoxy) is 1. The molecule has 0 aromatic heterocycles. The van der Waals surface area contributed by atoms with Gasteiger partial charge < -0.3 is 9.64 Å². The first kappa shape index (κ1) is 15.3. The van der Waals surface area contributed by atoms with Gasteiger partial charge in [0.1, 0.15) is 6.04 Å². The number of hydrogen-bond acceptors (Lipinski definition) is 4. The molecule has 0 bridgehead atoms. The van der Waals surface area contributed by atoms with Crippen LogP contribution in [0.2, 0.25) is 0 Å². The fourth-order valence-corrected chi connectivity index (χ4v) is 3.65. The minimum absolute atomic E-state index is 0.0527. The van der Waals surface area contributed by atoms with E-state index in [1.807, 2.05) is 6.92 Å². The Bertz CT molecular complexity index is 296. The third kappa shape index (κ3) is 3.64. The zero-order valence-corrected chi connectivity index (χ0v) is 12.3. The van der Waals surface area contributed by atoms with Gasteiger partial charge in [-0.25, -0.2) is 4.79 Å². The number of rotatable bonds is 6. The van der Waals surface area contributed by atoms with E-state index in [4.69, 9.17) is 4.74 Å². The van der Waals surface area contributed by atoms with Gasteiger partial charge >= 0.3 is 5.97 Å². The third-order valence-corrected chi connectivity index (χ3v) is 4.57. The molecule has 18 heavy (non-hydrogen) atoms. The van der Waals surface area contributed by atoms with Crippen LogP contribution < -0.4 is 0 Å². The molecule has 104 valence electrons. The van der Waals surface area contributed by atoms with Gasteiger partial charge in [0, 0.05) is 12.2 Å². The normalized spacial score (nSPS) is 23.2. The summed E-state index contributed by atoms with van der Waals surface area (Å²) in [5.41, 5.74) is 0. The Balaban J connectivity index is 2.67. The van der Waals surface area contributed by atoms with Crippen molar-refractivity contribution in [2.75, 3.05) is 12.9 Å². The predicted octanol–water partition coefficient (Wildman–Crippen LogP) is 2.42. The molecular weight excluding hydrogens is 250 g/mol. The minimum Gasteiger partial charge on any atom is -0.467 e. The molecule has 4 nitrogen and oxygen atoms in total. The molecule has 1 heterocycles. The van der Waals surface area contributed by atoms with Crippen LogP contribution in [-0.4, -0.2) is 41.1 Å². The Morgan fingerprint density at radius 1 is 1.33 bits per heavy atom. The van der Waals surface area contributed by atoms with Crippen LogP contribution in [0.4, 0.5) is 0 Å². The van der Waals surface area contributed by atoms with E-state index in [1.54, 1.807) is 16.7 Å². The summed E-state index contributed by atoms with van der Waals surface area (Å²) in [6.45, 7) is 4.00. The summed E-state index contributed by atoms with van der Waals surface area (Å²) < 4.78 is 4.79. The largest absolute Gasteiger partial charge is 0.467 e. The molecule has 2 atom stereocenters. The number of methoxy groups -OCH3 is 1. The van der Waals surface area contributed by atoms with E-state index < -0.39 is 0 Å². The lowest BCUT2D eigenvalue weighted by Gasteiger charge is -2.27. The molecule has 0 spiro atoms. The molecule has 0 aromatic rings. The first-order valence-corrected chi connectivity index (χ1v) is 7.71. The summed E-state index contributed by atoms with van der Waals surface area (Å²) >= 11 is 1.70. The van der Waals surface area contributed by atoms with Crippen molar-refractivity contribution < 1.29 is 14.3 Å². The zero-order chi connectivity index (χ0) is 13.5. The Kier molecular flexibility index (Phi) is 6.54. The van der Waals surface area contributed by atoms with Crippen LogP contribution >= 0.6 is 11.8 Å². The molecule has 0 aliphatic carbocycles. The standard InChI is InChI=1S/C13H23NO3S/c1-4-6-7-8-12-14(11(15)5-2)10(9-18-12)13(16)17-3/h10,12H,4-9H2,1-3H3. The molecule has 5 heteroatoms. The Labute approximate surface area is 113 Å². The first-order valence-electron chi connectivity index (χ1n) is 6.66. The molecule has 1 aliphatic heterocycles. The van der Waals surface area contributed by atoms with E-state index >= 15 is 0 Å². The van der Waals surface area contributed by atoms with Gasteiger partial charge in [0.25, 0.3) is 0 Å². The van der Waals surface area contributed by atoms with Crippen molar-refractivity contribution in [1.82, 2.24) is 4.90 Å². The second-order valence-corrected chi connectivity index (χ2v) is 5.69. The highest BCUT2D eigenvalue weighted by Crippen LogP contribution is 2.33. The number of hydrogen-bond donors (Lipinski definition) is 0. The van der Waals surface area contributed by atoms with Crippen LogP contribution in [0.1, 0.15) is 46.0 Å². The molecule has 1 fully saturated rings. The maximum absolute atomic E-state index is 12.0. The molecular formula is C13H23NO3S. The Hall–Kier alpha value is -0.710.